The lowest BCUT2D eigenvalue weighted by Crippen LogP contribution is -2.29. The molecule has 1 aliphatic heterocycles. The number of rotatable bonds is 4. The number of methoxy groups -OCH3 is 1. The van der Waals surface area contributed by atoms with E-state index < -0.39 is 0 Å². The zero-order valence-electron chi connectivity index (χ0n) is 11.9. The van der Waals surface area contributed by atoms with Crippen LogP contribution in [0.25, 0.3) is 0 Å². The highest BCUT2D eigenvalue weighted by molar-refractivity contribution is 5.71. The Morgan fingerprint density at radius 3 is 2.39 bits per heavy atom. The predicted octanol–water partition coefficient (Wildman–Crippen LogP) is 4.11. The Balaban J connectivity index is 2.64. The molecule has 1 heterocycles. The number of hydrogen-bond acceptors (Lipinski definition) is 2. The molecule has 0 saturated heterocycles. The molecule has 1 aromatic rings. The van der Waals surface area contributed by atoms with E-state index in [0.717, 1.165) is 25.1 Å². The molecule has 0 saturated carbocycles. The number of hydrogen-bond donors (Lipinski definition) is 0. The highest BCUT2D eigenvalue weighted by Gasteiger charge is 2.43. The first kappa shape index (κ1) is 13.0. The number of ether oxygens (including phenoxy) is 1. The second-order valence-electron chi connectivity index (χ2n) is 4.86. The lowest BCUT2D eigenvalue weighted by atomic mass is 9.75. The number of nitrogens with zero attached hydrogens (tertiary/aromatic N) is 1. The van der Waals surface area contributed by atoms with Crippen LogP contribution in [0.1, 0.15) is 39.2 Å². The first-order chi connectivity index (χ1) is 8.64. The van der Waals surface area contributed by atoms with E-state index in [1.54, 1.807) is 7.11 Å². The van der Waals surface area contributed by atoms with E-state index in [-0.39, 0.29) is 5.41 Å². The number of likely N-dealkylation sites (N-methyl/N-ethyl adjacent to an activating group) is 1. The van der Waals surface area contributed by atoms with Crippen molar-refractivity contribution in [1.29, 1.82) is 0 Å². The minimum atomic E-state index is 0.0832. The normalized spacial score (nSPS) is 16.9. The highest BCUT2D eigenvalue weighted by Crippen LogP contribution is 2.52. The van der Waals surface area contributed by atoms with Gasteiger partial charge in [0.05, 0.1) is 7.11 Å². The van der Waals surface area contributed by atoms with Crippen LogP contribution in [0.15, 0.2) is 30.5 Å². The van der Waals surface area contributed by atoms with Gasteiger partial charge < -0.3 is 9.64 Å². The molecular weight excluding hydrogens is 222 g/mol. The summed E-state index contributed by atoms with van der Waals surface area (Å²) in [7, 11) is 1.72. The molecule has 0 spiro atoms. The zero-order valence-corrected chi connectivity index (χ0v) is 11.9. The molecule has 98 valence electrons. The fraction of sp³-hybridized carbons (Fsp3) is 0.500. The maximum Gasteiger partial charge on any atom is 0.119 e. The van der Waals surface area contributed by atoms with Crippen molar-refractivity contribution in [3.63, 3.8) is 0 Å². The summed E-state index contributed by atoms with van der Waals surface area (Å²) in [6, 6.07) is 6.38. The Labute approximate surface area is 110 Å². The third-order valence-corrected chi connectivity index (χ3v) is 4.41. The maximum atomic E-state index is 5.38. The van der Waals surface area contributed by atoms with E-state index in [1.165, 1.54) is 16.9 Å². The van der Waals surface area contributed by atoms with Crippen molar-refractivity contribution < 1.29 is 4.74 Å². The van der Waals surface area contributed by atoms with Crippen LogP contribution in [-0.4, -0.2) is 13.7 Å². The molecule has 0 unspecified atom stereocenters. The molecule has 2 heteroatoms. The molecule has 0 N–H and O–H groups in total. The molecule has 0 amide bonds. The third-order valence-electron chi connectivity index (χ3n) is 4.41. The van der Waals surface area contributed by atoms with Gasteiger partial charge in [0.2, 0.25) is 0 Å². The Morgan fingerprint density at radius 2 is 1.89 bits per heavy atom. The molecule has 18 heavy (non-hydrogen) atoms. The van der Waals surface area contributed by atoms with Crippen molar-refractivity contribution in [3.05, 3.63) is 36.0 Å². The van der Waals surface area contributed by atoms with Gasteiger partial charge in [0.25, 0.3) is 0 Å². The Kier molecular flexibility index (Phi) is 3.38. The largest absolute Gasteiger partial charge is 0.497 e. The second-order valence-corrected chi connectivity index (χ2v) is 4.86. The second kappa shape index (κ2) is 4.68. The van der Waals surface area contributed by atoms with Crippen LogP contribution < -0.4 is 9.64 Å². The van der Waals surface area contributed by atoms with E-state index in [4.69, 9.17) is 4.74 Å². The van der Waals surface area contributed by atoms with Gasteiger partial charge in [-0.05, 0) is 43.5 Å². The molecule has 2 nitrogen and oxygen atoms in total. The summed E-state index contributed by atoms with van der Waals surface area (Å²) in [5, 5.41) is 0. The van der Waals surface area contributed by atoms with E-state index in [0.29, 0.717) is 0 Å². The van der Waals surface area contributed by atoms with Crippen LogP contribution in [0.2, 0.25) is 0 Å². The predicted molar refractivity (Wildman–Crippen MR) is 77.4 cm³/mol. The molecule has 0 aromatic heterocycles. The van der Waals surface area contributed by atoms with Crippen molar-refractivity contribution in [3.8, 4) is 5.75 Å². The van der Waals surface area contributed by atoms with Crippen LogP contribution >= 0.6 is 0 Å². The summed E-state index contributed by atoms with van der Waals surface area (Å²) in [5.74, 6) is 0.936. The Hall–Kier alpha value is -1.44. The molecule has 2 rings (SSSR count). The standard InChI is InChI=1S/C16H23NO/c1-6-16(7-2)12(4)17(8-3)15-10-9-13(18-5)11-14(15)16/h9-11H,4,6-8H2,1-3,5H3. The van der Waals surface area contributed by atoms with E-state index in [2.05, 4.69) is 44.4 Å². The number of fused-ring (bicyclic) bond motifs is 1. The number of allylic oxidation sites excluding steroid dienone is 1. The Bertz CT molecular complexity index is 460. The molecular formula is C16H23NO. The first-order valence-electron chi connectivity index (χ1n) is 6.80. The van der Waals surface area contributed by atoms with Gasteiger partial charge in [0.15, 0.2) is 0 Å². The van der Waals surface area contributed by atoms with Gasteiger partial charge in [0, 0.05) is 23.3 Å². The van der Waals surface area contributed by atoms with Gasteiger partial charge >= 0.3 is 0 Å². The van der Waals surface area contributed by atoms with Gasteiger partial charge in [-0.1, -0.05) is 20.4 Å². The zero-order chi connectivity index (χ0) is 13.3. The first-order valence-corrected chi connectivity index (χ1v) is 6.80. The van der Waals surface area contributed by atoms with Crippen molar-refractivity contribution in [2.45, 2.75) is 39.0 Å². The summed E-state index contributed by atoms with van der Waals surface area (Å²) in [5.41, 5.74) is 3.99. The molecule has 1 aromatic carbocycles. The molecule has 0 atom stereocenters. The van der Waals surface area contributed by atoms with Crippen molar-refractivity contribution in [1.82, 2.24) is 0 Å². The maximum absolute atomic E-state index is 5.38. The van der Waals surface area contributed by atoms with Crippen LogP contribution in [-0.2, 0) is 5.41 Å². The molecule has 0 bridgehead atoms. The summed E-state index contributed by atoms with van der Waals surface area (Å²) in [4.78, 5) is 2.34. The fourth-order valence-electron chi connectivity index (χ4n) is 3.22. The van der Waals surface area contributed by atoms with Crippen LogP contribution in [0.5, 0.6) is 5.75 Å². The summed E-state index contributed by atoms with van der Waals surface area (Å²) in [6.07, 6.45) is 2.16. The van der Waals surface area contributed by atoms with Crippen LogP contribution in [0.3, 0.4) is 0 Å². The third kappa shape index (κ3) is 1.55. The average molecular weight is 245 g/mol. The van der Waals surface area contributed by atoms with Gasteiger partial charge in [-0.2, -0.15) is 0 Å². The monoisotopic (exact) mass is 245 g/mol. The number of benzene rings is 1. The molecule has 1 aliphatic rings. The fourth-order valence-corrected chi connectivity index (χ4v) is 3.22. The summed E-state index contributed by atoms with van der Waals surface area (Å²) in [6.45, 7) is 12.0. The van der Waals surface area contributed by atoms with E-state index in [9.17, 15) is 0 Å². The van der Waals surface area contributed by atoms with Gasteiger partial charge in [-0.15, -0.1) is 0 Å². The topological polar surface area (TPSA) is 12.5 Å². The lowest BCUT2D eigenvalue weighted by molar-refractivity contribution is 0.411. The molecule has 0 fully saturated rings. The van der Waals surface area contributed by atoms with Crippen LogP contribution in [0, 0.1) is 0 Å². The molecule has 0 radical (unpaired) electrons. The minimum absolute atomic E-state index is 0.0832. The van der Waals surface area contributed by atoms with Crippen molar-refractivity contribution in [2.75, 3.05) is 18.6 Å². The van der Waals surface area contributed by atoms with Gasteiger partial charge in [-0.3, -0.25) is 0 Å². The highest BCUT2D eigenvalue weighted by atomic mass is 16.5. The summed E-state index contributed by atoms with van der Waals surface area (Å²) >= 11 is 0. The van der Waals surface area contributed by atoms with Gasteiger partial charge in [0.1, 0.15) is 5.75 Å². The lowest BCUT2D eigenvalue weighted by Gasteiger charge is -2.30. The van der Waals surface area contributed by atoms with Crippen molar-refractivity contribution >= 4 is 5.69 Å². The summed E-state index contributed by atoms with van der Waals surface area (Å²) < 4.78 is 5.38. The smallest absolute Gasteiger partial charge is 0.119 e. The average Bonchev–Trinajstić information content (AvgIpc) is 2.66. The minimum Gasteiger partial charge on any atom is -0.497 e. The Morgan fingerprint density at radius 1 is 1.22 bits per heavy atom. The van der Waals surface area contributed by atoms with Gasteiger partial charge in [-0.25, -0.2) is 0 Å². The molecule has 0 aliphatic carbocycles. The van der Waals surface area contributed by atoms with E-state index >= 15 is 0 Å². The van der Waals surface area contributed by atoms with Crippen molar-refractivity contribution in [2.24, 2.45) is 0 Å². The van der Waals surface area contributed by atoms with Crippen LogP contribution in [0.4, 0.5) is 5.69 Å². The van der Waals surface area contributed by atoms with E-state index in [1.807, 2.05) is 6.07 Å². The number of anilines is 1. The SMILES string of the molecule is C=C1N(CC)c2ccc(OC)cc2C1(CC)CC. The quantitative estimate of drug-likeness (QED) is 0.791.